The Morgan fingerprint density at radius 1 is 1.33 bits per heavy atom. The van der Waals surface area contributed by atoms with Gasteiger partial charge in [0.05, 0.1) is 4.90 Å². The van der Waals surface area contributed by atoms with Gasteiger partial charge < -0.3 is 11.1 Å². The maximum atomic E-state index is 12.6. The number of benzene rings is 1. The maximum absolute atomic E-state index is 12.6. The van der Waals surface area contributed by atoms with Crippen LogP contribution in [-0.2, 0) is 27.7 Å². The van der Waals surface area contributed by atoms with Crippen LogP contribution in [0.2, 0.25) is 0 Å². The number of nitrogens with one attached hydrogen (secondary N) is 2. The molecule has 1 saturated heterocycles. The Labute approximate surface area is 125 Å². The fraction of sp³-hybridized carbons (Fsp3) is 0.500. The Bertz CT molecular complexity index is 656. The monoisotopic (exact) mass is 311 g/mol. The van der Waals surface area contributed by atoms with Crippen LogP contribution in [0.15, 0.2) is 17.0 Å². The van der Waals surface area contributed by atoms with Gasteiger partial charge in [-0.2, -0.15) is 0 Å². The Morgan fingerprint density at radius 3 is 2.57 bits per heavy atom. The molecule has 0 aliphatic carbocycles. The molecule has 7 heteroatoms. The highest BCUT2D eigenvalue weighted by Crippen LogP contribution is 2.25. The molecule has 0 saturated carbocycles. The second-order valence-electron chi connectivity index (χ2n) is 5.20. The molecule has 1 aliphatic heterocycles. The van der Waals surface area contributed by atoms with Crippen molar-refractivity contribution in [1.82, 2.24) is 10.0 Å². The van der Waals surface area contributed by atoms with Crippen LogP contribution in [0.5, 0.6) is 0 Å². The molecule has 1 aromatic carbocycles. The number of amides is 1. The lowest BCUT2D eigenvalue weighted by atomic mass is 10.1. The lowest BCUT2D eigenvalue weighted by Gasteiger charge is -2.16. The zero-order chi connectivity index (χ0) is 15.6. The third-order valence-corrected chi connectivity index (χ3v) is 5.24. The van der Waals surface area contributed by atoms with Crippen molar-refractivity contribution in [2.24, 2.45) is 0 Å². The van der Waals surface area contributed by atoms with Crippen LogP contribution in [0.4, 0.5) is 5.69 Å². The predicted octanol–water partition coefficient (Wildman–Crippen LogP) is 0.560. The number of rotatable bonds is 5. The third kappa shape index (κ3) is 3.36. The van der Waals surface area contributed by atoms with Gasteiger partial charge >= 0.3 is 0 Å². The van der Waals surface area contributed by atoms with E-state index in [4.69, 9.17) is 5.73 Å². The van der Waals surface area contributed by atoms with Crippen LogP contribution in [0.25, 0.3) is 0 Å². The zero-order valence-corrected chi connectivity index (χ0v) is 13.1. The number of anilines is 1. The van der Waals surface area contributed by atoms with Crippen LogP contribution in [0.3, 0.4) is 0 Å². The summed E-state index contributed by atoms with van der Waals surface area (Å²) in [5.74, 6) is -0.139. The minimum atomic E-state index is -3.69. The Hall–Kier alpha value is -1.60. The summed E-state index contributed by atoms with van der Waals surface area (Å²) < 4.78 is 27.8. The summed E-state index contributed by atoms with van der Waals surface area (Å²) in [5, 5.41) is 2.62. The van der Waals surface area contributed by atoms with Crippen LogP contribution in [0, 0.1) is 0 Å². The molecule has 1 atom stereocenters. The standard InChI is InChI=1S/C14H21N3O3S/c1-3-9-5-12(15)11(4-2)13(6-9)21(19,20)17-10-7-14(18)16-8-10/h5-6,10,17H,3-4,7-8,15H2,1-2H3,(H,16,18). The Morgan fingerprint density at radius 2 is 2.05 bits per heavy atom. The number of sulfonamides is 1. The minimum absolute atomic E-state index is 0.139. The van der Waals surface area contributed by atoms with Gasteiger partial charge in [-0.3, -0.25) is 4.79 Å². The molecule has 1 aliphatic rings. The van der Waals surface area contributed by atoms with Crippen LogP contribution >= 0.6 is 0 Å². The van der Waals surface area contributed by atoms with E-state index in [0.29, 0.717) is 30.6 Å². The van der Waals surface area contributed by atoms with Crippen LogP contribution in [-0.4, -0.2) is 26.9 Å². The van der Waals surface area contributed by atoms with E-state index < -0.39 is 16.1 Å². The van der Waals surface area contributed by atoms with Crippen LogP contribution < -0.4 is 15.8 Å². The van der Waals surface area contributed by atoms with Gasteiger partial charge in [-0.25, -0.2) is 13.1 Å². The summed E-state index contributed by atoms with van der Waals surface area (Å²) in [6.45, 7) is 4.14. The molecule has 116 valence electrons. The van der Waals surface area contributed by atoms with Crippen LogP contribution in [0.1, 0.15) is 31.4 Å². The van der Waals surface area contributed by atoms with Gasteiger partial charge in [-0.1, -0.05) is 13.8 Å². The van der Waals surface area contributed by atoms with E-state index in [1.807, 2.05) is 19.9 Å². The number of aryl methyl sites for hydroxylation is 1. The van der Waals surface area contributed by atoms with E-state index in [9.17, 15) is 13.2 Å². The van der Waals surface area contributed by atoms with E-state index in [0.717, 1.165) is 5.56 Å². The zero-order valence-electron chi connectivity index (χ0n) is 12.3. The van der Waals surface area contributed by atoms with Gasteiger partial charge in [0.1, 0.15) is 0 Å². The highest BCUT2D eigenvalue weighted by Gasteiger charge is 2.28. The lowest BCUT2D eigenvalue weighted by molar-refractivity contribution is -0.119. The summed E-state index contributed by atoms with van der Waals surface area (Å²) in [4.78, 5) is 11.4. The van der Waals surface area contributed by atoms with Crippen molar-refractivity contribution in [2.75, 3.05) is 12.3 Å². The first-order valence-corrected chi connectivity index (χ1v) is 8.56. The van der Waals surface area contributed by atoms with Gasteiger partial charge in [0, 0.05) is 24.7 Å². The van der Waals surface area contributed by atoms with Gasteiger partial charge in [0.25, 0.3) is 0 Å². The highest BCUT2D eigenvalue weighted by molar-refractivity contribution is 7.89. The second kappa shape index (κ2) is 6.03. The summed E-state index contributed by atoms with van der Waals surface area (Å²) in [6.07, 6.45) is 1.41. The molecule has 1 heterocycles. The minimum Gasteiger partial charge on any atom is -0.398 e. The molecular weight excluding hydrogens is 290 g/mol. The van der Waals surface area contributed by atoms with Crippen molar-refractivity contribution >= 4 is 21.6 Å². The third-order valence-electron chi connectivity index (χ3n) is 3.65. The first-order chi connectivity index (χ1) is 9.87. The van der Waals surface area contributed by atoms with Crippen molar-refractivity contribution in [3.8, 4) is 0 Å². The number of carbonyl (C=O) groups is 1. The van der Waals surface area contributed by atoms with Gasteiger partial charge in [-0.15, -0.1) is 0 Å². The van der Waals surface area contributed by atoms with E-state index >= 15 is 0 Å². The smallest absolute Gasteiger partial charge is 0.241 e. The van der Waals surface area contributed by atoms with E-state index in [-0.39, 0.29) is 17.2 Å². The number of hydrogen-bond acceptors (Lipinski definition) is 4. The Kier molecular flexibility index (Phi) is 4.53. The normalized spacial score (nSPS) is 18.8. The fourth-order valence-electron chi connectivity index (χ4n) is 2.52. The number of nitrogen functional groups attached to an aromatic ring is 1. The fourth-order valence-corrected chi connectivity index (χ4v) is 4.15. The lowest BCUT2D eigenvalue weighted by Crippen LogP contribution is -2.36. The summed E-state index contributed by atoms with van der Waals surface area (Å²) >= 11 is 0. The largest absolute Gasteiger partial charge is 0.398 e. The highest BCUT2D eigenvalue weighted by atomic mass is 32.2. The SMILES string of the molecule is CCc1cc(N)c(CC)c(S(=O)(=O)NC2CNC(=O)C2)c1. The van der Waals surface area contributed by atoms with Gasteiger partial charge in [0.15, 0.2) is 0 Å². The topological polar surface area (TPSA) is 101 Å². The van der Waals surface area contributed by atoms with Crippen molar-refractivity contribution in [2.45, 2.75) is 44.0 Å². The van der Waals surface area contributed by atoms with Gasteiger partial charge in [0.2, 0.25) is 15.9 Å². The molecule has 21 heavy (non-hydrogen) atoms. The van der Waals surface area contributed by atoms with Crippen molar-refractivity contribution in [3.05, 3.63) is 23.3 Å². The molecule has 0 radical (unpaired) electrons. The molecule has 0 spiro atoms. The average molecular weight is 311 g/mol. The summed E-state index contributed by atoms with van der Waals surface area (Å²) in [6, 6.07) is 3.08. The van der Waals surface area contributed by atoms with Crippen molar-refractivity contribution < 1.29 is 13.2 Å². The maximum Gasteiger partial charge on any atom is 0.241 e. The molecule has 1 aromatic rings. The molecule has 6 nitrogen and oxygen atoms in total. The van der Waals surface area contributed by atoms with Crippen molar-refractivity contribution in [3.63, 3.8) is 0 Å². The van der Waals surface area contributed by atoms with E-state index in [2.05, 4.69) is 10.0 Å². The first kappa shape index (κ1) is 15.8. The van der Waals surface area contributed by atoms with E-state index in [1.165, 1.54) is 0 Å². The molecule has 1 fully saturated rings. The second-order valence-corrected chi connectivity index (χ2v) is 6.88. The molecule has 0 bridgehead atoms. The summed E-state index contributed by atoms with van der Waals surface area (Å²) in [7, 11) is -3.69. The molecule has 4 N–H and O–H groups in total. The van der Waals surface area contributed by atoms with Gasteiger partial charge in [-0.05, 0) is 36.1 Å². The summed E-state index contributed by atoms with van der Waals surface area (Å²) in [5.41, 5.74) is 7.98. The molecule has 2 rings (SSSR count). The number of nitrogens with two attached hydrogens (primary N) is 1. The average Bonchev–Trinajstić information content (AvgIpc) is 2.82. The first-order valence-electron chi connectivity index (χ1n) is 7.07. The quantitative estimate of drug-likeness (QED) is 0.692. The molecule has 0 aromatic heterocycles. The molecule has 1 unspecified atom stereocenters. The molecular formula is C14H21N3O3S. The van der Waals surface area contributed by atoms with Crippen molar-refractivity contribution in [1.29, 1.82) is 0 Å². The molecule has 1 amide bonds. The Balaban J connectivity index is 2.38. The predicted molar refractivity (Wildman–Crippen MR) is 81.3 cm³/mol. The number of hydrogen-bond donors (Lipinski definition) is 3. The van der Waals surface area contributed by atoms with E-state index in [1.54, 1.807) is 6.07 Å². The number of carbonyl (C=O) groups excluding carboxylic acids is 1.